The highest BCUT2D eigenvalue weighted by Gasteiger charge is 2.38. The second kappa shape index (κ2) is 12.0. The van der Waals surface area contributed by atoms with Gasteiger partial charge in [0.25, 0.3) is 5.92 Å². The van der Waals surface area contributed by atoms with Gasteiger partial charge in [-0.2, -0.15) is 13.9 Å². The van der Waals surface area contributed by atoms with E-state index in [1.54, 1.807) is 0 Å². The Morgan fingerprint density at radius 2 is 1.78 bits per heavy atom. The van der Waals surface area contributed by atoms with Gasteiger partial charge < -0.3 is 14.9 Å². The number of carboxylic acids is 1. The number of hydrogen-bond donors (Lipinski definition) is 1. The quantitative estimate of drug-likeness (QED) is 0.320. The van der Waals surface area contributed by atoms with Crippen LogP contribution in [0.4, 0.5) is 20.2 Å². The van der Waals surface area contributed by atoms with E-state index in [4.69, 9.17) is 11.6 Å². The molecule has 2 aromatic carbocycles. The van der Waals surface area contributed by atoms with Crippen LogP contribution in [0.5, 0.6) is 0 Å². The number of aromatic carboxylic acids is 1. The molecular weight excluding hydrogens is 548 g/mol. The van der Waals surface area contributed by atoms with Gasteiger partial charge in [0, 0.05) is 74.7 Å². The zero-order chi connectivity index (χ0) is 29.3. The number of anilines is 2. The van der Waals surface area contributed by atoms with Crippen molar-refractivity contribution < 1.29 is 18.7 Å². The third-order valence-electron chi connectivity index (χ3n) is 8.02. The molecule has 2 aliphatic rings. The van der Waals surface area contributed by atoms with E-state index >= 15 is 0 Å². The molecule has 1 unspecified atom stereocenters. The summed E-state index contributed by atoms with van der Waals surface area (Å²) < 4.78 is 30.3. The summed E-state index contributed by atoms with van der Waals surface area (Å²) in [6, 6.07) is 14.0. The summed E-state index contributed by atoms with van der Waals surface area (Å²) >= 11 is 6.45. The molecule has 0 spiro atoms. The highest BCUT2D eigenvalue weighted by Crippen LogP contribution is 2.39. The van der Waals surface area contributed by atoms with Crippen LogP contribution in [-0.2, 0) is 5.92 Å². The Hall–Kier alpha value is -3.17. The van der Waals surface area contributed by atoms with Crippen LogP contribution in [0.25, 0.3) is 11.1 Å². The van der Waals surface area contributed by atoms with E-state index in [0.29, 0.717) is 23.9 Å². The Balaban J connectivity index is 1.37. The van der Waals surface area contributed by atoms with Crippen molar-refractivity contribution in [1.29, 1.82) is 0 Å². The number of carboxylic acid groups (broad SMARTS) is 1. The average molecular weight is 586 g/mol. The van der Waals surface area contributed by atoms with Crippen molar-refractivity contribution in [3.05, 3.63) is 64.9 Å². The van der Waals surface area contributed by atoms with Crippen LogP contribution in [0, 0.1) is 5.92 Å². The van der Waals surface area contributed by atoms with Gasteiger partial charge in [-0.1, -0.05) is 43.6 Å². The summed E-state index contributed by atoms with van der Waals surface area (Å²) in [5.74, 6) is -4.07. The standard InChI is InChI=1S/C31H38ClF2N5O2/c1-21(2)19-36-13-15-37(16-14-36)24-9-6-22(7-10-24)26-11-8-23(32)17-28(26)38-12-4-5-25(20-38)39-29(31(3,33)34)27(18-35-39)30(40)41/h6-11,17-18,21,25H,4-5,12-16,19-20H2,1-3H3,(H,40,41). The SMILES string of the molecule is CC(C)CN1CCN(c2ccc(-c3ccc(Cl)cc3N3CCCC(n4ncc(C(=O)O)c4C(C)(F)F)C3)cc2)CC1. The monoisotopic (exact) mass is 585 g/mol. The number of benzene rings is 2. The minimum absolute atomic E-state index is 0.402. The molecule has 2 fully saturated rings. The second-order valence-electron chi connectivity index (χ2n) is 11.7. The van der Waals surface area contributed by atoms with E-state index < -0.39 is 29.2 Å². The van der Waals surface area contributed by atoms with Crippen molar-refractivity contribution in [1.82, 2.24) is 14.7 Å². The summed E-state index contributed by atoms with van der Waals surface area (Å²) in [5.41, 5.74) is 3.17. The van der Waals surface area contributed by atoms with E-state index in [1.807, 2.05) is 18.2 Å². The molecule has 0 bridgehead atoms. The number of halogens is 3. The summed E-state index contributed by atoms with van der Waals surface area (Å²) in [6.07, 6.45) is 2.40. The van der Waals surface area contributed by atoms with Gasteiger partial charge in [0.2, 0.25) is 0 Å². The normalized spacial score (nSPS) is 18.8. The van der Waals surface area contributed by atoms with E-state index in [9.17, 15) is 18.7 Å². The van der Waals surface area contributed by atoms with Gasteiger partial charge in [-0.05, 0) is 48.6 Å². The molecule has 1 aromatic heterocycles. The smallest absolute Gasteiger partial charge is 0.339 e. The maximum Gasteiger partial charge on any atom is 0.339 e. The Kier molecular flexibility index (Phi) is 8.57. The minimum atomic E-state index is -3.34. The summed E-state index contributed by atoms with van der Waals surface area (Å²) in [7, 11) is 0. The molecule has 3 aromatic rings. The third kappa shape index (κ3) is 6.51. The van der Waals surface area contributed by atoms with Crippen molar-refractivity contribution >= 4 is 28.9 Å². The van der Waals surface area contributed by atoms with E-state index in [0.717, 1.165) is 75.6 Å². The number of piperidine rings is 1. The molecule has 2 aliphatic heterocycles. The second-order valence-corrected chi connectivity index (χ2v) is 12.1. The van der Waals surface area contributed by atoms with Crippen LogP contribution >= 0.6 is 11.6 Å². The first kappa shape index (κ1) is 29.3. The van der Waals surface area contributed by atoms with Crippen LogP contribution in [0.1, 0.15) is 55.7 Å². The van der Waals surface area contributed by atoms with Crippen LogP contribution in [0.2, 0.25) is 5.02 Å². The molecule has 5 rings (SSSR count). The molecule has 3 heterocycles. The summed E-state index contributed by atoms with van der Waals surface area (Å²) in [4.78, 5) is 18.8. The van der Waals surface area contributed by atoms with Crippen molar-refractivity contribution in [2.24, 2.45) is 5.92 Å². The Morgan fingerprint density at radius 3 is 2.41 bits per heavy atom. The van der Waals surface area contributed by atoms with Crippen LogP contribution in [0.3, 0.4) is 0 Å². The molecular formula is C31H38ClF2N5O2. The van der Waals surface area contributed by atoms with Crippen LogP contribution in [0.15, 0.2) is 48.7 Å². The Labute approximate surface area is 245 Å². The van der Waals surface area contributed by atoms with Gasteiger partial charge in [-0.3, -0.25) is 9.58 Å². The fourth-order valence-corrected chi connectivity index (χ4v) is 6.34. The number of carbonyl (C=O) groups is 1. The first-order chi connectivity index (χ1) is 19.5. The average Bonchev–Trinajstić information content (AvgIpc) is 3.40. The molecule has 0 radical (unpaired) electrons. The van der Waals surface area contributed by atoms with Crippen molar-refractivity contribution in [2.45, 2.75) is 45.6 Å². The molecule has 0 aliphatic carbocycles. The van der Waals surface area contributed by atoms with E-state index in [2.05, 4.69) is 57.9 Å². The number of piperazine rings is 1. The molecule has 1 N–H and O–H groups in total. The third-order valence-corrected chi connectivity index (χ3v) is 8.26. The number of hydrogen-bond acceptors (Lipinski definition) is 5. The lowest BCUT2D eigenvalue weighted by molar-refractivity contribution is 0.00390. The van der Waals surface area contributed by atoms with Gasteiger partial charge in [-0.15, -0.1) is 0 Å². The maximum atomic E-state index is 14.6. The topological polar surface area (TPSA) is 64.8 Å². The fraction of sp³-hybridized carbons (Fsp3) is 0.484. The fourth-order valence-electron chi connectivity index (χ4n) is 6.17. The number of aromatic nitrogens is 2. The van der Waals surface area contributed by atoms with Crippen molar-refractivity contribution in [2.75, 3.05) is 55.6 Å². The largest absolute Gasteiger partial charge is 0.478 e. The van der Waals surface area contributed by atoms with Crippen LogP contribution in [-0.4, -0.2) is 71.6 Å². The van der Waals surface area contributed by atoms with Gasteiger partial charge >= 0.3 is 5.97 Å². The number of nitrogens with zero attached hydrogens (tertiary/aromatic N) is 5. The van der Waals surface area contributed by atoms with Crippen LogP contribution < -0.4 is 9.80 Å². The predicted molar refractivity (Wildman–Crippen MR) is 160 cm³/mol. The number of alkyl halides is 2. The van der Waals surface area contributed by atoms with E-state index in [-0.39, 0.29) is 0 Å². The molecule has 1 atom stereocenters. The zero-order valence-corrected chi connectivity index (χ0v) is 24.6. The highest BCUT2D eigenvalue weighted by molar-refractivity contribution is 6.31. The molecule has 0 saturated carbocycles. The zero-order valence-electron chi connectivity index (χ0n) is 23.9. The molecule has 220 valence electrons. The van der Waals surface area contributed by atoms with Gasteiger partial charge in [0.15, 0.2) is 0 Å². The maximum absolute atomic E-state index is 14.6. The molecule has 7 nitrogen and oxygen atoms in total. The molecule has 10 heteroatoms. The van der Waals surface area contributed by atoms with Gasteiger partial charge in [0.05, 0.1) is 12.2 Å². The lowest BCUT2D eigenvalue weighted by Crippen LogP contribution is -2.47. The highest BCUT2D eigenvalue weighted by atomic mass is 35.5. The predicted octanol–water partition coefficient (Wildman–Crippen LogP) is 6.63. The van der Waals surface area contributed by atoms with E-state index in [1.165, 1.54) is 10.4 Å². The van der Waals surface area contributed by atoms with Crippen molar-refractivity contribution in [3.8, 4) is 11.1 Å². The van der Waals surface area contributed by atoms with Gasteiger partial charge in [-0.25, -0.2) is 4.79 Å². The molecule has 41 heavy (non-hydrogen) atoms. The summed E-state index contributed by atoms with van der Waals surface area (Å²) in [6.45, 7) is 11.6. The summed E-state index contributed by atoms with van der Waals surface area (Å²) in [5, 5.41) is 14.2. The Morgan fingerprint density at radius 1 is 1.07 bits per heavy atom. The lowest BCUT2D eigenvalue weighted by Gasteiger charge is -2.37. The molecule has 2 saturated heterocycles. The van der Waals surface area contributed by atoms with Crippen molar-refractivity contribution in [3.63, 3.8) is 0 Å². The van der Waals surface area contributed by atoms with Gasteiger partial charge in [0.1, 0.15) is 11.3 Å². The minimum Gasteiger partial charge on any atom is -0.478 e. The first-order valence-corrected chi connectivity index (χ1v) is 14.7. The molecule has 0 amide bonds. The Bertz CT molecular complexity index is 1360. The number of rotatable bonds is 8. The first-order valence-electron chi connectivity index (χ1n) is 14.3. The lowest BCUT2D eigenvalue weighted by atomic mass is 9.99.